The SMILES string of the molecule is COc1ccc(N2C(=S)N[C@H](c3ccccn3)[C@H]2c2cc(C)n(-n3cnnc3)c2C)cc1NC(C)=O. The maximum absolute atomic E-state index is 11.9. The number of aryl methyl sites for hydroxylation is 1. The molecule has 0 saturated carbocycles. The molecule has 1 aliphatic rings. The number of carbonyl (C=O) groups excluding carboxylic acids is 1. The molecule has 0 radical (unpaired) electrons. The molecule has 1 fully saturated rings. The molecule has 11 heteroatoms. The van der Waals surface area contributed by atoms with Crippen molar-refractivity contribution in [3.05, 3.63) is 84.0 Å². The lowest BCUT2D eigenvalue weighted by Crippen LogP contribution is -2.29. The van der Waals surface area contributed by atoms with Gasteiger partial charge in [-0.1, -0.05) is 6.07 Å². The van der Waals surface area contributed by atoms with Crippen molar-refractivity contribution in [2.45, 2.75) is 32.9 Å². The van der Waals surface area contributed by atoms with Gasteiger partial charge in [-0.3, -0.25) is 14.5 Å². The van der Waals surface area contributed by atoms with E-state index in [4.69, 9.17) is 17.0 Å². The number of nitrogens with zero attached hydrogens (tertiary/aromatic N) is 6. The molecule has 4 heterocycles. The van der Waals surface area contributed by atoms with Crippen molar-refractivity contribution < 1.29 is 9.53 Å². The molecule has 1 aliphatic heterocycles. The third-order valence-corrected chi connectivity index (χ3v) is 6.57. The Bertz CT molecular complexity index is 1420. The normalized spacial score (nSPS) is 17.2. The maximum atomic E-state index is 11.9. The Kier molecular flexibility index (Phi) is 6.15. The lowest BCUT2D eigenvalue weighted by Gasteiger charge is -2.29. The summed E-state index contributed by atoms with van der Waals surface area (Å²) in [6, 6.07) is 13.2. The van der Waals surface area contributed by atoms with Crippen molar-refractivity contribution in [1.29, 1.82) is 0 Å². The van der Waals surface area contributed by atoms with E-state index in [1.165, 1.54) is 6.92 Å². The number of aromatic nitrogens is 5. The molecule has 0 spiro atoms. The summed E-state index contributed by atoms with van der Waals surface area (Å²) in [7, 11) is 1.57. The molecule has 0 unspecified atom stereocenters. The first-order valence-corrected chi connectivity index (χ1v) is 11.8. The summed E-state index contributed by atoms with van der Waals surface area (Å²) < 4.78 is 9.36. The van der Waals surface area contributed by atoms with Gasteiger partial charge in [0.25, 0.3) is 0 Å². The van der Waals surface area contributed by atoms with Gasteiger partial charge in [0.1, 0.15) is 18.4 Å². The smallest absolute Gasteiger partial charge is 0.221 e. The Morgan fingerprint density at radius 2 is 1.92 bits per heavy atom. The van der Waals surface area contributed by atoms with Crippen LogP contribution in [-0.4, -0.2) is 42.7 Å². The van der Waals surface area contributed by atoms with Gasteiger partial charge in [0, 0.05) is 35.8 Å². The Morgan fingerprint density at radius 1 is 1.14 bits per heavy atom. The number of hydrogen-bond acceptors (Lipinski definition) is 6. The monoisotopic (exact) mass is 502 g/mol. The van der Waals surface area contributed by atoms with Gasteiger partial charge in [-0.05, 0) is 62.5 Å². The van der Waals surface area contributed by atoms with Crippen molar-refractivity contribution in [3.63, 3.8) is 0 Å². The number of nitrogens with one attached hydrogen (secondary N) is 2. The largest absolute Gasteiger partial charge is 0.495 e. The van der Waals surface area contributed by atoms with Crippen molar-refractivity contribution in [1.82, 2.24) is 29.9 Å². The maximum Gasteiger partial charge on any atom is 0.221 e. The van der Waals surface area contributed by atoms with Crippen LogP contribution in [0.3, 0.4) is 0 Å². The highest BCUT2D eigenvalue weighted by Crippen LogP contribution is 2.44. The zero-order valence-electron chi connectivity index (χ0n) is 20.3. The van der Waals surface area contributed by atoms with Gasteiger partial charge in [-0.15, -0.1) is 10.2 Å². The molecule has 3 aromatic heterocycles. The van der Waals surface area contributed by atoms with Crippen molar-refractivity contribution in [2.75, 3.05) is 17.3 Å². The Morgan fingerprint density at radius 3 is 2.58 bits per heavy atom. The van der Waals surface area contributed by atoms with E-state index in [-0.39, 0.29) is 18.0 Å². The first-order valence-electron chi connectivity index (χ1n) is 11.4. The Hall–Kier alpha value is -4.25. The van der Waals surface area contributed by atoms with E-state index in [0.717, 1.165) is 28.3 Å². The Balaban J connectivity index is 1.67. The number of benzene rings is 1. The van der Waals surface area contributed by atoms with E-state index in [2.05, 4.69) is 48.4 Å². The number of hydrogen-bond donors (Lipinski definition) is 2. The second kappa shape index (κ2) is 9.42. The van der Waals surface area contributed by atoms with Crippen LogP contribution in [0, 0.1) is 13.8 Å². The van der Waals surface area contributed by atoms with Crippen LogP contribution in [0.4, 0.5) is 11.4 Å². The second-order valence-corrected chi connectivity index (χ2v) is 8.93. The Labute approximate surface area is 213 Å². The first-order chi connectivity index (χ1) is 17.4. The number of thiocarbonyl (C=S) groups is 1. The summed E-state index contributed by atoms with van der Waals surface area (Å²) in [5, 5.41) is 14.8. The third kappa shape index (κ3) is 4.07. The summed E-state index contributed by atoms with van der Waals surface area (Å²) in [5.74, 6) is 0.378. The van der Waals surface area contributed by atoms with Gasteiger partial charge < -0.3 is 20.3 Å². The molecule has 4 aromatic rings. The van der Waals surface area contributed by atoms with Crippen LogP contribution >= 0.6 is 12.2 Å². The number of methoxy groups -OCH3 is 1. The predicted molar refractivity (Wildman–Crippen MR) is 140 cm³/mol. The van der Waals surface area contributed by atoms with Crippen LogP contribution in [0.15, 0.2) is 61.3 Å². The van der Waals surface area contributed by atoms with Crippen molar-refractivity contribution >= 4 is 34.6 Å². The molecule has 2 atom stereocenters. The molecule has 1 saturated heterocycles. The van der Waals surface area contributed by atoms with Gasteiger partial charge in [-0.25, -0.2) is 4.68 Å². The van der Waals surface area contributed by atoms with Gasteiger partial charge in [0.05, 0.1) is 30.6 Å². The van der Waals surface area contributed by atoms with E-state index in [1.54, 1.807) is 26.0 Å². The highest BCUT2D eigenvalue weighted by Gasteiger charge is 2.42. The fourth-order valence-electron chi connectivity index (χ4n) is 4.81. The van der Waals surface area contributed by atoms with Gasteiger partial charge in [-0.2, -0.15) is 0 Å². The molecule has 0 bridgehead atoms. The molecular formula is C25H26N8O2S. The fourth-order valence-corrected chi connectivity index (χ4v) is 5.16. The van der Waals surface area contributed by atoms with Crippen molar-refractivity contribution in [3.8, 4) is 5.75 Å². The molecule has 184 valence electrons. The first kappa shape index (κ1) is 23.5. The van der Waals surface area contributed by atoms with E-state index in [9.17, 15) is 4.79 Å². The number of rotatable bonds is 6. The topological polar surface area (TPSA) is 102 Å². The predicted octanol–water partition coefficient (Wildman–Crippen LogP) is 3.55. The zero-order chi connectivity index (χ0) is 25.4. The fraction of sp³-hybridized carbons (Fsp3) is 0.240. The van der Waals surface area contributed by atoms with Crippen molar-refractivity contribution in [2.24, 2.45) is 0 Å². The molecular weight excluding hydrogens is 476 g/mol. The van der Waals surface area contributed by atoms with E-state index < -0.39 is 0 Å². The van der Waals surface area contributed by atoms with Gasteiger partial charge >= 0.3 is 0 Å². The minimum absolute atomic E-state index is 0.187. The van der Waals surface area contributed by atoms with Crippen LogP contribution in [0.25, 0.3) is 0 Å². The number of pyridine rings is 1. The van der Waals surface area contributed by atoms with Crippen LogP contribution in [0.2, 0.25) is 0 Å². The number of ether oxygens (including phenoxy) is 1. The molecule has 1 aromatic carbocycles. The molecule has 1 amide bonds. The number of amides is 1. The van der Waals surface area contributed by atoms with Gasteiger partial charge in [0.2, 0.25) is 5.91 Å². The lowest BCUT2D eigenvalue weighted by atomic mass is 9.96. The third-order valence-electron chi connectivity index (χ3n) is 6.26. The molecule has 10 nitrogen and oxygen atoms in total. The minimum atomic E-state index is -0.220. The van der Waals surface area contributed by atoms with Crippen LogP contribution in [-0.2, 0) is 4.79 Å². The highest BCUT2D eigenvalue weighted by atomic mass is 32.1. The summed E-state index contributed by atoms with van der Waals surface area (Å²) in [6.45, 7) is 5.57. The number of carbonyl (C=O) groups is 1. The summed E-state index contributed by atoms with van der Waals surface area (Å²) in [4.78, 5) is 18.6. The van der Waals surface area contributed by atoms with Crippen LogP contribution in [0.5, 0.6) is 5.75 Å². The molecule has 0 aliphatic carbocycles. The van der Waals surface area contributed by atoms with Crippen LogP contribution in [0.1, 0.15) is 41.7 Å². The average Bonchev–Trinajstić information content (AvgIpc) is 3.57. The quantitative estimate of drug-likeness (QED) is 0.386. The highest BCUT2D eigenvalue weighted by molar-refractivity contribution is 7.80. The van der Waals surface area contributed by atoms with Gasteiger partial charge in [0.15, 0.2) is 5.11 Å². The van der Waals surface area contributed by atoms with E-state index in [0.29, 0.717) is 16.5 Å². The average molecular weight is 503 g/mol. The minimum Gasteiger partial charge on any atom is -0.495 e. The summed E-state index contributed by atoms with van der Waals surface area (Å²) in [5.41, 5.74) is 5.37. The molecule has 36 heavy (non-hydrogen) atoms. The summed E-state index contributed by atoms with van der Waals surface area (Å²) >= 11 is 5.87. The zero-order valence-corrected chi connectivity index (χ0v) is 21.2. The summed E-state index contributed by atoms with van der Waals surface area (Å²) in [6.07, 6.45) is 5.11. The van der Waals surface area contributed by atoms with Crippen LogP contribution < -0.4 is 20.3 Å². The lowest BCUT2D eigenvalue weighted by molar-refractivity contribution is -0.114. The second-order valence-electron chi connectivity index (χ2n) is 8.54. The molecule has 5 rings (SSSR count). The van der Waals surface area contributed by atoms with E-state index in [1.807, 2.05) is 48.0 Å². The van der Waals surface area contributed by atoms with E-state index >= 15 is 0 Å². The standard InChI is InChI=1S/C25H26N8O2S/c1-15-11-19(16(2)33(15)31-13-27-28-14-31)24-23(20-7-5-6-10-26-20)30-25(36)32(24)18-8-9-22(35-4)21(12-18)29-17(3)34/h5-14,23-24H,1-4H3,(H,29,34)(H,30,36)/t23-,24-/m1/s1. The molecule has 2 N–H and O–H groups in total. The number of anilines is 2.